The molecule has 100 valence electrons. The molecule has 2 rings (SSSR count). The summed E-state index contributed by atoms with van der Waals surface area (Å²) < 4.78 is 5.67. The van der Waals surface area contributed by atoms with Gasteiger partial charge in [0.1, 0.15) is 18.0 Å². The molecule has 1 aromatic heterocycles. The lowest BCUT2D eigenvalue weighted by molar-refractivity contribution is 0.0820. The highest BCUT2D eigenvalue weighted by atomic mass is 16.5. The fourth-order valence-corrected chi connectivity index (χ4v) is 2.29. The first-order valence-electron chi connectivity index (χ1n) is 6.64. The summed E-state index contributed by atoms with van der Waals surface area (Å²) in [6.07, 6.45) is 2.94. The van der Waals surface area contributed by atoms with Gasteiger partial charge in [0.15, 0.2) is 0 Å². The van der Waals surface area contributed by atoms with Crippen molar-refractivity contribution in [2.75, 3.05) is 36.5 Å². The normalized spacial score (nSPS) is 20.6. The van der Waals surface area contributed by atoms with Gasteiger partial charge in [-0.15, -0.1) is 0 Å². The molecular weight excluding hydrogens is 228 g/mol. The average Bonchev–Trinajstić information content (AvgIpc) is 2.57. The molecule has 0 bridgehead atoms. The molecule has 0 aromatic carbocycles. The molecule has 5 heteroatoms. The van der Waals surface area contributed by atoms with Gasteiger partial charge < -0.3 is 15.0 Å². The summed E-state index contributed by atoms with van der Waals surface area (Å²) in [6.45, 7) is 9.85. The third kappa shape index (κ3) is 2.90. The Kier molecular flexibility index (Phi) is 4.36. The van der Waals surface area contributed by atoms with Gasteiger partial charge in [0.2, 0.25) is 0 Å². The van der Waals surface area contributed by atoms with Crippen molar-refractivity contribution < 1.29 is 4.74 Å². The Balaban J connectivity index is 2.23. The Labute approximate surface area is 109 Å². The zero-order valence-corrected chi connectivity index (χ0v) is 11.4. The second-order valence-electron chi connectivity index (χ2n) is 4.68. The van der Waals surface area contributed by atoms with Gasteiger partial charge in [-0.3, -0.25) is 0 Å². The van der Waals surface area contributed by atoms with Crippen molar-refractivity contribution in [3.05, 3.63) is 11.9 Å². The second-order valence-corrected chi connectivity index (χ2v) is 4.68. The van der Waals surface area contributed by atoms with Crippen molar-refractivity contribution in [1.29, 1.82) is 0 Å². The molecule has 18 heavy (non-hydrogen) atoms. The number of hydrogen-bond acceptors (Lipinski definition) is 5. The minimum Gasteiger partial charge on any atom is -0.377 e. The number of anilines is 2. The maximum Gasteiger partial charge on any atom is 0.137 e. The molecule has 5 nitrogen and oxygen atoms in total. The summed E-state index contributed by atoms with van der Waals surface area (Å²) >= 11 is 0. The van der Waals surface area contributed by atoms with E-state index in [0.29, 0.717) is 0 Å². The van der Waals surface area contributed by atoms with Crippen LogP contribution in [-0.4, -0.2) is 42.3 Å². The van der Waals surface area contributed by atoms with E-state index in [2.05, 4.69) is 41.0 Å². The van der Waals surface area contributed by atoms with E-state index in [-0.39, 0.29) is 6.10 Å². The van der Waals surface area contributed by atoms with E-state index in [1.807, 2.05) is 0 Å². The molecule has 1 saturated heterocycles. The van der Waals surface area contributed by atoms with Crippen LogP contribution in [0.2, 0.25) is 0 Å². The molecule has 0 radical (unpaired) electrons. The standard InChI is InChI=1S/C13H22N4O/c1-4-14-12-11(3)13(16-9-15-12)17-6-5-7-18-10(2)8-17/h9-10H,4-8H2,1-3H3,(H,14,15,16). The van der Waals surface area contributed by atoms with E-state index in [0.717, 1.165) is 49.9 Å². The summed E-state index contributed by atoms with van der Waals surface area (Å²) in [5, 5.41) is 3.27. The van der Waals surface area contributed by atoms with E-state index in [1.165, 1.54) is 0 Å². The second kappa shape index (κ2) is 6.00. The number of hydrogen-bond donors (Lipinski definition) is 1. The smallest absolute Gasteiger partial charge is 0.137 e. The van der Waals surface area contributed by atoms with Gasteiger partial charge in [0.25, 0.3) is 0 Å². The van der Waals surface area contributed by atoms with Crippen LogP contribution in [0.15, 0.2) is 6.33 Å². The average molecular weight is 250 g/mol. The first-order chi connectivity index (χ1) is 8.72. The lowest BCUT2D eigenvalue weighted by Crippen LogP contribution is -2.31. The minimum atomic E-state index is 0.254. The zero-order chi connectivity index (χ0) is 13.0. The van der Waals surface area contributed by atoms with Crippen molar-refractivity contribution in [3.8, 4) is 0 Å². The Morgan fingerprint density at radius 1 is 1.50 bits per heavy atom. The topological polar surface area (TPSA) is 50.3 Å². The maximum atomic E-state index is 5.67. The fraction of sp³-hybridized carbons (Fsp3) is 0.692. The van der Waals surface area contributed by atoms with Crippen LogP contribution in [0.4, 0.5) is 11.6 Å². The number of ether oxygens (including phenoxy) is 1. The first kappa shape index (κ1) is 13.1. The Morgan fingerprint density at radius 2 is 2.33 bits per heavy atom. The van der Waals surface area contributed by atoms with E-state index in [1.54, 1.807) is 6.33 Å². The minimum absolute atomic E-state index is 0.254. The van der Waals surface area contributed by atoms with Crippen LogP contribution in [0.1, 0.15) is 25.8 Å². The third-order valence-corrected chi connectivity index (χ3v) is 3.15. The molecule has 1 aromatic rings. The van der Waals surface area contributed by atoms with E-state index in [4.69, 9.17) is 4.74 Å². The van der Waals surface area contributed by atoms with Crippen molar-refractivity contribution in [2.24, 2.45) is 0 Å². The van der Waals surface area contributed by atoms with Gasteiger partial charge in [0, 0.05) is 31.8 Å². The summed E-state index contributed by atoms with van der Waals surface area (Å²) in [5.74, 6) is 1.96. The highest BCUT2D eigenvalue weighted by Crippen LogP contribution is 2.23. The van der Waals surface area contributed by atoms with E-state index < -0.39 is 0 Å². The SMILES string of the molecule is CCNc1ncnc(N2CCCOC(C)C2)c1C. The van der Waals surface area contributed by atoms with E-state index in [9.17, 15) is 0 Å². The Bertz CT molecular complexity index is 397. The van der Waals surface area contributed by atoms with Crippen molar-refractivity contribution in [1.82, 2.24) is 9.97 Å². The lowest BCUT2D eigenvalue weighted by atomic mass is 10.2. The van der Waals surface area contributed by atoms with Gasteiger partial charge in [-0.05, 0) is 27.2 Å². The van der Waals surface area contributed by atoms with Crippen LogP contribution >= 0.6 is 0 Å². The Morgan fingerprint density at radius 3 is 3.11 bits per heavy atom. The molecule has 1 unspecified atom stereocenters. The number of nitrogens with zero attached hydrogens (tertiary/aromatic N) is 3. The molecule has 1 aliphatic heterocycles. The number of rotatable bonds is 3. The van der Waals surface area contributed by atoms with Crippen LogP contribution in [0.3, 0.4) is 0 Å². The third-order valence-electron chi connectivity index (χ3n) is 3.15. The highest BCUT2D eigenvalue weighted by molar-refractivity contribution is 5.57. The predicted molar refractivity (Wildman–Crippen MR) is 73.2 cm³/mol. The summed E-state index contributed by atoms with van der Waals surface area (Å²) in [6, 6.07) is 0. The fourth-order valence-electron chi connectivity index (χ4n) is 2.29. The highest BCUT2D eigenvalue weighted by Gasteiger charge is 2.19. The molecule has 0 aliphatic carbocycles. The van der Waals surface area contributed by atoms with Gasteiger partial charge >= 0.3 is 0 Å². The summed E-state index contributed by atoms with van der Waals surface area (Å²) in [5.41, 5.74) is 1.12. The number of nitrogens with one attached hydrogen (secondary N) is 1. The molecule has 1 atom stereocenters. The molecule has 0 spiro atoms. The molecular formula is C13H22N4O. The van der Waals surface area contributed by atoms with Gasteiger partial charge in [0.05, 0.1) is 6.10 Å². The van der Waals surface area contributed by atoms with Crippen molar-refractivity contribution >= 4 is 11.6 Å². The molecule has 0 amide bonds. The van der Waals surface area contributed by atoms with Crippen LogP contribution in [0.5, 0.6) is 0 Å². The monoisotopic (exact) mass is 250 g/mol. The molecule has 1 fully saturated rings. The zero-order valence-electron chi connectivity index (χ0n) is 11.4. The largest absolute Gasteiger partial charge is 0.377 e. The first-order valence-corrected chi connectivity index (χ1v) is 6.64. The lowest BCUT2D eigenvalue weighted by Gasteiger charge is -2.25. The molecule has 1 N–H and O–H groups in total. The van der Waals surface area contributed by atoms with Crippen LogP contribution < -0.4 is 10.2 Å². The van der Waals surface area contributed by atoms with Gasteiger partial charge in [-0.2, -0.15) is 0 Å². The predicted octanol–water partition coefficient (Wildman–Crippen LogP) is 1.83. The molecule has 0 saturated carbocycles. The number of aromatic nitrogens is 2. The summed E-state index contributed by atoms with van der Waals surface area (Å²) in [7, 11) is 0. The van der Waals surface area contributed by atoms with Gasteiger partial charge in [-0.25, -0.2) is 9.97 Å². The molecule has 1 aliphatic rings. The van der Waals surface area contributed by atoms with Crippen LogP contribution in [-0.2, 0) is 4.74 Å². The van der Waals surface area contributed by atoms with Crippen LogP contribution in [0.25, 0.3) is 0 Å². The van der Waals surface area contributed by atoms with Crippen molar-refractivity contribution in [2.45, 2.75) is 33.3 Å². The Hall–Kier alpha value is -1.36. The maximum absolute atomic E-state index is 5.67. The summed E-state index contributed by atoms with van der Waals surface area (Å²) in [4.78, 5) is 11.0. The quantitative estimate of drug-likeness (QED) is 0.887. The van der Waals surface area contributed by atoms with Gasteiger partial charge in [-0.1, -0.05) is 0 Å². The van der Waals surface area contributed by atoms with Crippen LogP contribution in [0, 0.1) is 6.92 Å². The molecule has 2 heterocycles. The van der Waals surface area contributed by atoms with Crippen molar-refractivity contribution in [3.63, 3.8) is 0 Å². The van der Waals surface area contributed by atoms with E-state index >= 15 is 0 Å².